The topological polar surface area (TPSA) is 51.8 Å². The molecule has 0 aliphatic carbocycles. The van der Waals surface area contributed by atoms with Crippen molar-refractivity contribution >= 4 is 32.4 Å². The summed E-state index contributed by atoms with van der Waals surface area (Å²) in [6.07, 6.45) is 6.02. The van der Waals surface area contributed by atoms with E-state index in [1.165, 1.54) is 11.3 Å². The highest BCUT2D eigenvalue weighted by Gasteiger charge is 2.19. The van der Waals surface area contributed by atoms with Crippen molar-refractivity contribution < 1.29 is 9.47 Å². The highest BCUT2D eigenvalue weighted by molar-refractivity contribution is 7.22. The van der Waals surface area contributed by atoms with Gasteiger partial charge in [-0.2, -0.15) is 0 Å². The van der Waals surface area contributed by atoms with Gasteiger partial charge in [0.05, 0.1) is 27.3 Å². The van der Waals surface area contributed by atoms with Crippen molar-refractivity contribution in [2.24, 2.45) is 0 Å². The van der Waals surface area contributed by atoms with Gasteiger partial charge >= 0.3 is 0 Å². The van der Waals surface area contributed by atoms with Gasteiger partial charge in [-0.3, -0.25) is 0 Å². The fraction of sp³-hybridized carbons (Fsp3) is 0.286. The Labute approximate surface area is 168 Å². The van der Waals surface area contributed by atoms with Gasteiger partial charge < -0.3 is 14.4 Å². The number of rotatable bonds is 6. The fourth-order valence-electron chi connectivity index (χ4n) is 3.00. The third kappa shape index (κ3) is 3.58. The van der Waals surface area contributed by atoms with Crippen LogP contribution < -0.4 is 14.4 Å². The molecular weight excluding hydrogens is 372 g/mol. The first kappa shape index (κ1) is 19.5. The van der Waals surface area contributed by atoms with Gasteiger partial charge in [0, 0.05) is 18.9 Å². The summed E-state index contributed by atoms with van der Waals surface area (Å²) in [5, 5.41) is 1.52. The molecule has 1 aromatic carbocycles. The number of aromatic nitrogens is 2. The van der Waals surface area contributed by atoms with Crippen molar-refractivity contribution in [1.82, 2.24) is 9.97 Å². The number of aryl methyl sites for hydroxylation is 1. The van der Waals surface area contributed by atoms with E-state index in [4.69, 9.17) is 32.4 Å². The number of benzene rings is 1. The summed E-state index contributed by atoms with van der Waals surface area (Å²) in [5.74, 6) is 5.39. The van der Waals surface area contributed by atoms with Gasteiger partial charge in [-0.05, 0) is 30.2 Å². The van der Waals surface area contributed by atoms with Crippen LogP contribution in [0.2, 0.25) is 0 Å². The molecule has 2 heterocycles. The van der Waals surface area contributed by atoms with Crippen LogP contribution in [0.5, 0.6) is 11.5 Å². The van der Waals surface area contributed by atoms with Crippen molar-refractivity contribution in [3.05, 3.63) is 46.6 Å². The molecule has 0 bridgehead atoms. The Morgan fingerprint density at radius 1 is 1.25 bits per heavy atom. The summed E-state index contributed by atoms with van der Waals surface area (Å²) < 4.78 is 10.7. The van der Waals surface area contributed by atoms with E-state index in [9.17, 15) is 0 Å². The molecule has 0 radical (unpaired) electrons. The average molecular weight is 392 g/mol. The van der Waals surface area contributed by atoms with Crippen LogP contribution in [0.1, 0.15) is 17.0 Å². The molecule has 3 rings (SSSR count). The zero-order valence-electron chi connectivity index (χ0n) is 16.2. The number of methoxy groups -OCH3 is 2. The second kappa shape index (κ2) is 8.16. The molecule has 0 saturated heterocycles. The van der Waals surface area contributed by atoms with Gasteiger partial charge in [0.15, 0.2) is 11.5 Å². The summed E-state index contributed by atoms with van der Waals surface area (Å²) in [7, 11) is 5.12. The SMILES string of the molecule is [C-]#[N+]c1sc2nc(Cc3ccc(OC)c(OC)c3)nc(N(C)CC#C)c2c1C. The maximum atomic E-state index is 7.41. The molecule has 0 atom stereocenters. The van der Waals surface area contributed by atoms with E-state index in [2.05, 4.69) is 10.8 Å². The standard InChI is InChI=1S/C21H20N4O2S/c1-7-10-25(4)19-18-13(2)20(22-3)28-21(18)24-17(23-19)12-14-8-9-15(26-5)16(11-14)27-6/h1,8-9,11H,10,12H2,2,4-6H3. The Bertz CT molecular complexity index is 1110. The normalized spacial score (nSPS) is 10.4. The monoisotopic (exact) mass is 392 g/mol. The number of fused-ring (bicyclic) bond motifs is 1. The highest BCUT2D eigenvalue weighted by Crippen LogP contribution is 2.40. The van der Waals surface area contributed by atoms with Crippen LogP contribution in [0.25, 0.3) is 15.1 Å². The van der Waals surface area contributed by atoms with Crippen LogP contribution in [-0.4, -0.2) is 37.8 Å². The number of nitrogens with zero attached hydrogens (tertiary/aromatic N) is 4. The smallest absolute Gasteiger partial charge is 0.246 e. The number of hydrogen-bond donors (Lipinski definition) is 0. The Morgan fingerprint density at radius 2 is 2.00 bits per heavy atom. The largest absolute Gasteiger partial charge is 0.493 e. The number of ether oxygens (including phenoxy) is 2. The van der Waals surface area contributed by atoms with Crippen LogP contribution in [0.15, 0.2) is 18.2 Å². The predicted molar refractivity (Wildman–Crippen MR) is 113 cm³/mol. The van der Waals surface area contributed by atoms with Gasteiger partial charge in [0.1, 0.15) is 16.5 Å². The van der Waals surface area contributed by atoms with Crippen molar-refractivity contribution in [3.8, 4) is 23.8 Å². The minimum atomic E-state index is 0.421. The maximum Gasteiger partial charge on any atom is 0.246 e. The van der Waals surface area contributed by atoms with Crippen LogP contribution in [0.4, 0.5) is 10.8 Å². The quantitative estimate of drug-likeness (QED) is 0.464. The third-order valence-corrected chi connectivity index (χ3v) is 5.47. The fourth-order valence-corrected chi connectivity index (χ4v) is 3.98. The van der Waals surface area contributed by atoms with Crippen LogP contribution in [0.3, 0.4) is 0 Å². The number of hydrogen-bond acceptors (Lipinski definition) is 6. The summed E-state index contributed by atoms with van der Waals surface area (Å²) in [4.78, 5) is 15.8. The molecule has 0 fully saturated rings. The first-order chi connectivity index (χ1) is 13.5. The molecule has 0 unspecified atom stereocenters. The predicted octanol–water partition coefficient (Wildman–Crippen LogP) is 4.23. The number of terminal acetylenes is 1. The van der Waals surface area contributed by atoms with E-state index < -0.39 is 0 Å². The van der Waals surface area contributed by atoms with E-state index in [1.807, 2.05) is 37.1 Å². The minimum Gasteiger partial charge on any atom is -0.493 e. The van der Waals surface area contributed by atoms with Crippen LogP contribution in [-0.2, 0) is 6.42 Å². The summed E-state index contributed by atoms with van der Waals surface area (Å²) in [6, 6.07) is 5.75. The van der Waals surface area contributed by atoms with Gasteiger partial charge in [-0.25, -0.2) is 14.8 Å². The van der Waals surface area contributed by atoms with E-state index in [1.54, 1.807) is 14.2 Å². The molecule has 6 nitrogen and oxygen atoms in total. The van der Waals surface area contributed by atoms with E-state index >= 15 is 0 Å². The summed E-state index contributed by atoms with van der Waals surface area (Å²) in [5.41, 5.74) is 1.90. The lowest BCUT2D eigenvalue weighted by Gasteiger charge is -2.18. The molecule has 0 spiro atoms. The van der Waals surface area contributed by atoms with Gasteiger partial charge in [0.25, 0.3) is 0 Å². The lowest BCUT2D eigenvalue weighted by atomic mass is 10.1. The molecule has 0 aliphatic rings. The first-order valence-corrected chi connectivity index (χ1v) is 9.37. The molecule has 0 N–H and O–H groups in total. The lowest BCUT2D eigenvalue weighted by molar-refractivity contribution is 0.354. The molecule has 0 amide bonds. The molecule has 7 heteroatoms. The van der Waals surface area contributed by atoms with Crippen molar-refractivity contribution in [2.45, 2.75) is 13.3 Å². The Kier molecular flexibility index (Phi) is 5.67. The minimum absolute atomic E-state index is 0.421. The second-order valence-corrected chi connectivity index (χ2v) is 7.19. The molecule has 28 heavy (non-hydrogen) atoms. The highest BCUT2D eigenvalue weighted by atomic mass is 32.1. The maximum absolute atomic E-state index is 7.41. The Balaban J connectivity index is 2.09. The summed E-state index contributed by atoms with van der Waals surface area (Å²) in [6.45, 7) is 9.76. The third-order valence-electron chi connectivity index (χ3n) is 4.39. The van der Waals surface area contributed by atoms with Crippen LogP contribution >= 0.6 is 11.3 Å². The van der Waals surface area contributed by atoms with E-state index in [0.717, 1.165) is 27.2 Å². The number of anilines is 1. The summed E-state index contributed by atoms with van der Waals surface area (Å²) >= 11 is 1.38. The zero-order valence-corrected chi connectivity index (χ0v) is 17.1. The molecular formula is C21H20N4O2S. The molecule has 3 aromatic rings. The molecule has 2 aromatic heterocycles. The van der Waals surface area contributed by atoms with Crippen molar-refractivity contribution in [3.63, 3.8) is 0 Å². The Hall–Kier alpha value is -3.29. The van der Waals surface area contributed by atoms with Crippen molar-refractivity contribution in [1.29, 1.82) is 0 Å². The Morgan fingerprint density at radius 3 is 2.64 bits per heavy atom. The molecule has 0 saturated carbocycles. The van der Waals surface area contributed by atoms with E-state index in [0.29, 0.717) is 35.3 Å². The zero-order chi connectivity index (χ0) is 20.3. The van der Waals surface area contributed by atoms with Gasteiger partial charge in [0.2, 0.25) is 5.00 Å². The van der Waals surface area contributed by atoms with Gasteiger partial charge in [-0.1, -0.05) is 12.0 Å². The first-order valence-electron chi connectivity index (χ1n) is 8.55. The lowest BCUT2D eigenvalue weighted by Crippen LogP contribution is -2.19. The number of thiophene rings is 1. The average Bonchev–Trinajstić information content (AvgIpc) is 3.03. The van der Waals surface area contributed by atoms with Crippen LogP contribution in [0, 0.1) is 25.8 Å². The second-order valence-electron chi connectivity index (χ2n) is 6.21. The van der Waals surface area contributed by atoms with Gasteiger partial charge in [-0.15, -0.1) is 17.8 Å². The van der Waals surface area contributed by atoms with E-state index in [-0.39, 0.29) is 0 Å². The molecule has 142 valence electrons. The van der Waals surface area contributed by atoms with Crippen molar-refractivity contribution in [2.75, 3.05) is 32.7 Å². The molecule has 0 aliphatic heterocycles.